The third kappa shape index (κ3) is 40.9. The lowest BCUT2D eigenvalue weighted by Gasteiger charge is -2.23. The van der Waals surface area contributed by atoms with Crippen LogP contribution in [0, 0.1) is 0 Å². The van der Waals surface area contributed by atoms with E-state index < -0.39 is 20.0 Å². The molecule has 0 aliphatic rings. The molecule has 0 fully saturated rings. The Morgan fingerprint density at radius 3 is 1.41 bits per heavy atom. The number of carbonyl (C=O) groups excluding carboxylic acids is 1. The van der Waals surface area contributed by atoms with Crippen molar-refractivity contribution in [3.8, 4) is 0 Å². The zero-order chi connectivity index (χ0) is 41.1. The molecular formula is C47H91N2O6P. The Labute approximate surface area is 346 Å². The number of aliphatic hydroxyl groups is 1. The summed E-state index contributed by atoms with van der Waals surface area (Å²) in [6.45, 7) is 4.14. The van der Waals surface area contributed by atoms with Gasteiger partial charge >= 0.3 is 7.82 Å². The molecule has 1 amide bonds. The Morgan fingerprint density at radius 1 is 0.589 bits per heavy atom. The number of phosphoric ester groups is 1. The van der Waals surface area contributed by atoms with Crippen molar-refractivity contribution in [2.24, 2.45) is 5.73 Å². The largest absolute Gasteiger partial charge is 0.472 e. The summed E-state index contributed by atoms with van der Waals surface area (Å²) in [6.07, 6.45) is 51.9. The lowest BCUT2D eigenvalue weighted by molar-refractivity contribution is -0.123. The van der Waals surface area contributed by atoms with Gasteiger partial charge in [0.25, 0.3) is 0 Å². The molecule has 3 atom stereocenters. The molecule has 3 unspecified atom stereocenters. The Balaban J connectivity index is 4.15. The normalized spacial score (nSPS) is 14.3. The molecule has 0 spiro atoms. The van der Waals surface area contributed by atoms with Crippen LogP contribution in [0.15, 0.2) is 36.5 Å². The minimum atomic E-state index is -4.34. The van der Waals surface area contributed by atoms with Crippen LogP contribution < -0.4 is 11.1 Å². The molecule has 0 aliphatic heterocycles. The van der Waals surface area contributed by atoms with Crippen LogP contribution in [0.3, 0.4) is 0 Å². The maximum atomic E-state index is 12.8. The van der Waals surface area contributed by atoms with Crippen molar-refractivity contribution in [3.63, 3.8) is 0 Å². The van der Waals surface area contributed by atoms with Crippen molar-refractivity contribution in [1.29, 1.82) is 0 Å². The van der Waals surface area contributed by atoms with E-state index in [4.69, 9.17) is 14.8 Å². The summed E-state index contributed by atoms with van der Waals surface area (Å²) in [5, 5.41) is 13.7. The fraction of sp³-hybridized carbons (Fsp3) is 0.851. The van der Waals surface area contributed by atoms with E-state index in [1.54, 1.807) is 6.08 Å². The molecule has 0 rings (SSSR count). The average molecular weight is 811 g/mol. The number of unbranched alkanes of at least 4 members (excludes halogenated alkanes) is 28. The summed E-state index contributed by atoms with van der Waals surface area (Å²) in [7, 11) is -4.34. The van der Waals surface area contributed by atoms with E-state index in [9.17, 15) is 19.4 Å². The van der Waals surface area contributed by atoms with Crippen LogP contribution in [-0.2, 0) is 18.4 Å². The number of nitrogens with two attached hydrogens (primary N) is 1. The van der Waals surface area contributed by atoms with Crippen LogP contribution in [0.2, 0.25) is 0 Å². The first-order valence-corrected chi connectivity index (χ1v) is 25.1. The number of nitrogens with one attached hydrogen (secondary N) is 1. The summed E-state index contributed by atoms with van der Waals surface area (Å²) in [4.78, 5) is 22.8. The first kappa shape index (κ1) is 54.7. The van der Waals surface area contributed by atoms with E-state index in [1.165, 1.54) is 161 Å². The van der Waals surface area contributed by atoms with Crippen molar-refractivity contribution in [1.82, 2.24) is 5.32 Å². The molecular weight excluding hydrogens is 719 g/mol. The molecule has 0 bridgehead atoms. The van der Waals surface area contributed by atoms with E-state index in [0.717, 1.165) is 44.9 Å². The predicted octanol–water partition coefficient (Wildman–Crippen LogP) is 13.5. The molecule has 0 radical (unpaired) electrons. The van der Waals surface area contributed by atoms with Crippen molar-refractivity contribution in [2.75, 3.05) is 19.8 Å². The quantitative estimate of drug-likeness (QED) is 0.0274. The van der Waals surface area contributed by atoms with Gasteiger partial charge in [0.05, 0.1) is 25.4 Å². The van der Waals surface area contributed by atoms with Crippen LogP contribution in [0.25, 0.3) is 0 Å². The van der Waals surface area contributed by atoms with E-state index in [1.807, 2.05) is 6.08 Å². The van der Waals surface area contributed by atoms with Gasteiger partial charge in [-0.2, -0.15) is 0 Å². The highest BCUT2D eigenvalue weighted by atomic mass is 31.2. The van der Waals surface area contributed by atoms with Crippen molar-refractivity contribution in [2.45, 2.75) is 238 Å². The summed E-state index contributed by atoms with van der Waals surface area (Å²) in [5.41, 5.74) is 5.38. The maximum absolute atomic E-state index is 12.8. The highest BCUT2D eigenvalue weighted by Crippen LogP contribution is 2.43. The molecule has 9 heteroatoms. The number of rotatable bonds is 44. The Hall–Kier alpha value is -1.28. The summed E-state index contributed by atoms with van der Waals surface area (Å²) < 4.78 is 22.2. The molecule has 0 saturated heterocycles. The van der Waals surface area contributed by atoms with Gasteiger partial charge in [-0.15, -0.1) is 0 Å². The number of hydrogen-bond donors (Lipinski definition) is 4. The van der Waals surface area contributed by atoms with Gasteiger partial charge in [-0.05, 0) is 51.4 Å². The van der Waals surface area contributed by atoms with Gasteiger partial charge < -0.3 is 21.1 Å². The van der Waals surface area contributed by atoms with E-state index in [2.05, 4.69) is 43.5 Å². The van der Waals surface area contributed by atoms with Gasteiger partial charge in [-0.1, -0.05) is 204 Å². The van der Waals surface area contributed by atoms with Crippen LogP contribution >= 0.6 is 7.82 Å². The van der Waals surface area contributed by atoms with Gasteiger partial charge in [0.1, 0.15) is 0 Å². The van der Waals surface area contributed by atoms with Crippen molar-refractivity contribution in [3.05, 3.63) is 36.5 Å². The van der Waals surface area contributed by atoms with Crippen LogP contribution in [0.5, 0.6) is 0 Å². The SMILES string of the molecule is CCCCCCC/C=C\C/C=C\CCCCCCCCCCCC(=O)NC(COP(=O)(O)OCCN)C(O)/C=C/CCCCCCCCCCCCCCCC. The molecule has 8 nitrogen and oxygen atoms in total. The van der Waals surface area contributed by atoms with Gasteiger partial charge in [-0.25, -0.2) is 4.57 Å². The highest BCUT2D eigenvalue weighted by molar-refractivity contribution is 7.47. The molecule has 0 aromatic heterocycles. The molecule has 0 heterocycles. The molecule has 330 valence electrons. The average Bonchev–Trinajstić information content (AvgIpc) is 3.19. The monoisotopic (exact) mass is 811 g/mol. The second-order valence-electron chi connectivity index (χ2n) is 16.0. The van der Waals surface area contributed by atoms with Crippen molar-refractivity contribution < 1.29 is 28.4 Å². The zero-order valence-corrected chi connectivity index (χ0v) is 37.5. The number of carbonyl (C=O) groups is 1. The van der Waals surface area contributed by atoms with Crippen LogP contribution in [-0.4, -0.2) is 47.8 Å². The minimum Gasteiger partial charge on any atom is -0.387 e. The van der Waals surface area contributed by atoms with Gasteiger partial charge in [-0.3, -0.25) is 13.8 Å². The number of amides is 1. The molecule has 0 aromatic rings. The number of allylic oxidation sites excluding steroid dienone is 5. The predicted molar refractivity (Wildman–Crippen MR) is 240 cm³/mol. The third-order valence-electron chi connectivity index (χ3n) is 10.5. The fourth-order valence-corrected chi connectivity index (χ4v) is 7.63. The zero-order valence-electron chi connectivity index (χ0n) is 36.6. The van der Waals surface area contributed by atoms with E-state index in [-0.39, 0.29) is 25.7 Å². The number of aliphatic hydroxyl groups excluding tert-OH is 1. The smallest absolute Gasteiger partial charge is 0.387 e. The minimum absolute atomic E-state index is 0.0777. The number of hydrogen-bond acceptors (Lipinski definition) is 6. The van der Waals surface area contributed by atoms with Crippen molar-refractivity contribution >= 4 is 13.7 Å². The lowest BCUT2D eigenvalue weighted by atomic mass is 10.0. The first-order valence-electron chi connectivity index (χ1n) is 23.6. The van der Waals surface area contributed by atoms with Gasteiger partial charge in [0.15, 0.2) is 0 Å². The standard InChI is InChI=1S/C47H91N2O6P/c1-3-5-7-9-11-13-15-17-19-21-22-23-24-25-27-29-31-33-35-37-39-41-47(51)49-45(44-55-56(52,53)54-43-42-48)46(50)40-38-36-34-32-30-28-26-20-18-16-14-12-10-8-6-4-2/h15,17,21-22,38,40,45-46,50H,3-14,16,18-20,23-37,39,41-44,48H2,1-2H3,(H,49,51)(H,52,53)/b17-15-,22-21-,40-38+. The maximum Gasteiger partial charge on any atom is 0.472 e. The fourth-order valence-electron chi connectivity index (χ4n) is 6.87. The molecule has 0 aliphatic carbocycles. The van der Waals surface area contributed by atoms with Crippen LogP contribution in [0.1, 0.15) is 226 Å². The molecule has 5 N–H and O–H groups in total. The lowest BCUT2D eigenvalue weighted by Crippen LogP contribution is -2.45. The highest BCUT2D eigenvalue weighted by Gasteiger charge is 2.26. The summed E-state index contributed by atoms with van der Waals surface area (Å²) in [5.74, 6) is -0.198. The van der Waals surface area contributed by atoms with Crippen LogP contribution in [0.4, 0.5) is 0 Å². The summed E-state index contributed by atoms with van der Waals surface area (Å²) in [6, 6.07) is -0.862. The third-order valence-corrected chi connectivity index (χ3v) is 11.4. The molecule has 0 aromatic carbocycles. The molecule has 0 saturated carbocycles. The second kappa shape index (κ2) is 43.3. The van der Waals surface area contributed by atoms with Gasteiger partial charge in [0, 0.05) is 13.0 Å². The van der Waals surface area contributed by atoms with E-state index in [0.29, 0.717) is 6.42 Å². The Kier molecular flexibility index (Phi) is 42.3. The number of phosphoric acid groups is 1. The summed E-state index contributed by atoms with van der Waals surface area (Å²) >= 11 is 0. The topological polar surface area (TPSA) is 131 Å². The van der Waals surface area contributed by atoms with E-state index >= 15 is 0 Å². The Morgan fingerprint density at radius 2 is 0.982 bits per heavy atom. The van der Waals surface area contributed by atoms with Gasteiger partial charge in [0.2, 0.25) is 5.91 Å². The Bertz CT molecular complexity index is 974. The second-order valence-corrected chi connectivity index (χ2v) is 17.4. The molecule has 56 heavy (non-hydrogen) atoms. The first-order chi connectivity index (χ1) is 27.4.